The summed E-state index contributed by atoms with van der Waals surface area (Å²) >= 11 is 1.04. The second kappa shape index (κ2) is 5.51. The van der Waals surface area contributed by atoms with Crippen LogP contribution >= 0.6 is 11.3 Å². The van der Waals surface area contributed by atoms with Crippen molar-refractivity contribution in [3.8, 4) is 0 Å². The van der Waals surface area contributed by atoms with Crippen LogP contribution in [0.4, 0.5) is 0 Å². The number of carboxylic acid groups (broad SMARTS) is 1. The first-order valence-electron chi connectivity index (χ1n) is 5.89. The Bertz CT molecular complexity index is 637. The molecule has 110 valence electrons. The lowest BCUT2D eigenvalue weighted by molar-refractivity contribution is -0.141. The van der Waals surface area contributed by atoms with Crippen LogP contribution in [-0.2, 0) is 14.8 Å². The van der Waals surface area contributed by atoms with Gasteiger partial charge in [0.15, 0.2) is 0 Å². The van der Waals surface area contributed by atoms with Crippen LogP contribution in [-0.4, -0.2) is 50.4 Å². The van der Waals surface area contributed by atoms with Crippen LogP contribution in [0.3, 0.4) is 0 Å². The van der Waals surface area contributed by atoms with E-state index in [1.807, 2.05) is 0 Å². The fourth-order valence-electron chi connectivity index (χ4n) is 1.99. The molecule has 2 N–H and O–H groups in total. The molecule has 9 heteroatoms. The van der Waals surface area contributed by atoms with Crippen LogP contribution in [0, 0.1) is 5.92 Å². The van der Waals surface area contributed by atoms with Crippen LogP contribution in [0.15, 0.2) is 16.3 Å². The van der Waals surface area contributed by atoms with Crippen LogP contribution in [0.1, 0.15) is 16.1 Å². The first-order valence-corrected chi connectivity index (χ1v) is 8.25. The van der Waals surface area contributed by atoms with E-state index in [9.17, 15) is 18.0 Å². The van der Waals surface area contributed by atoms with E-state index >= 15 is 0 Å². The smallest absolute Gasteiger partial charge is 0.308 e. The second-order valence-corrected chi connectivity index (χ2v) is 7.23. The minimum atomic E-state index is -3.56. The van der Waals surface area contributed by atoms with E-state index in [0.717, 1.165) is 11.3 Å². The standard InChI is InChI=1S/C11H14N2O5S2/c1-12-20(17,18)8-4-9(19-6-8)10(14)13-3-2-7(5-13)11(15)16/h4,6-7,12H,2-3,5H2,1H3,(H,15,16)/t7-/m1/s1. The Morgan fingerprint density at radius 1 is 1.50 bits per heavy atom. The minimum absolute atomic E-state index is 0.0438. The monoisotopic (exact) mass is 318 g/mol. The molecule has 1 aliphatic rings. The Balaban J connectivity index is 2.14. The van der Waals surface area contributed by atoms with Crippen molar-refractivity contribution in [2.75, 3.05) is 20.1 Å². The Labute approximate surface area is 120 Å². The summed E-state index contributed by atoms with van der Waals surface area (Å²) in [6, 6.07) is 1.31. The molecule has 0 unspecified atom stereocenters. The number of nitrogens with one attached hydrogen (secondary N) is 1. The number of carboxylic acids is 1. The Morgan fingerprint density at radius 3 is 2.75 bits per heavy atom. The average molecular weight is 318 g/mol. The predicted molar refractivity (Wildman–Crippen MR) is 72.2 cm³/mol. The zero-order chi connectivity index (χ0) is 14.9. The van der Waals surface area contributed by atoms with Crippen molar-refractivity contribution in [3.05, 3.63) is 16.3 Å². The van der Waals surface area contributed by atoms with Crippen molar-refractivity contribution in [2.24, 2.45) is 5.92 Å². The zero-order valence-corrected chi connectivity index (χ0v) is 12.3. The van der Waals surface area contributed by atoms with Gasteiger partial charge in [0.25, 0.3) is 5.91 Å². The summed E-state index contributed by atoms with van der Waals surface area (Å²) in [5.41, 5.74) is 0. The molecule has 1 aromatic heterocycles. The van der Waals surface area contributed by atoms with E-state index < -0.39 is 21.9 Å². The Hall–Kier alpha value is -1.45. The lowest BCUT2D eigenvalue weighted by atomic mass is 10.1. The largest absolute Gasteiger partial charge is 0.481 e. The Morgan fingerprint density at radius 2 is 2.20 bits per heavy atom. The molecule has 2 rings (SSSR count). The van der Waals surface area contributed by atoms with Crippen molar-refractivity contribution >= 4 is 33.2 Å². The molecule has 1 amide bonds. The van der Waals surface area contributed by atoms with Gasteiger partial charge in [-0.2, -0.15) is 0 Å². The molecular weight excluding hydrogens is 304 g/mol. The van der Waals surface area contributed by atoms with E-state index in [1.54, 1.807) is 0 Å². The number of carbonyl (C=O) groups excluding carboxylic acids is 1. The van der Waals surface area contributed by atoms with Crippen molar-refractivity contribution in [3.63, 3.8) is 0 Å². The molecule has 1 atom stereocenters. The van der Waals surface area contributed by atoms with E-state index in [-0.39, 0.29) is 17.3 Å². The molecule has 0 bridgehead atoms. The maximum atomic E-state index is 12.2. The predicted octanol–water partition coefficient (Wildman–Crippen LogP) is 0.203. The van der Waals surface area contributed by atoms with Crippen molar-refractivity contribution in [2.45, 2.75) is 11.3 Å². The number of hydrogen-bond acceptors (Lipinski definition) is 5. The summed E-state index contributed by atoms with van der Waals surface area (Å²) < 4.78 is 25.4. The van der Waals surface area contributed by atoms with Gasteiger partial charge in [-0.1, -0.05) is 0 Å². The van der Waals surface area contributed by atoms with Crippen molar-refractivity contribution < 1.29 is 23.1 Å². The molecule has 7 nitrogen and oxygen atoms in total. The summed E-state index contributed by atoms with van der Waals surface area (Å²) in [5.74, 6) is -1.78. The molecule has 1 aliphatic heterocycles. The lowest BCUT2D eigenvalue weighted by Crippen LogP contribution is -2.29. The molecule has 0 spiro atoms. The second-order valence-electron chi connectivity index (χ2n) is 4.43. The van der Waals surface area contributed by atoms with Gasteiger partial charge in [0.2, 0.25) is 10.0 Å². The minimum Gasteiger partial charge on any atom is -0.481 e. The third-order valence-electron chi connectivity index (χ3n) is 3.19. The molecule has 2 heterocycles. The first-order chi connectivity index (χ1) is 9.35. The molecule has 0 saturated carbocycles. The van der Waals surface area contributed by atoms with E-state index in [1.165, 1.54) is 23.4 Å². The number of thiophene rings is 1. The maximum Gasteiger partial charge on any atom is 0.308 e. The van der Waals surface area contributed by atoms with Crippen molar-refractivity contribution in [1.29, 1.82) is 0 Å². The third kappa shape index (κ3) is 2.84. The van der Waals surface area contributed by atoms with E-state index in [2.05, 4.69) is 4.72 Å². The zero-order valence-electron chi connectivity index (χ0n) is 10.7. The fraction of sp³-hybridized carbons (Fsp3) is 0.455. The summed E-state index contributed by atoms with van der Waals surface area (Å²) in [6.07, 6.45) is 0.425. The van der Waals surface area contributed by atoms with Gasteiger partial charge in [0.05, 0.1) is 15.7 Å². The van der Waals surface area contributed by atoms with Gasteiger partial charge in [-0.15, -0.1) is 11.3 Å². The maximum absolute atomic E-state index is 12.2. The molecule has 20 heavy (non-hydrogen) atoms. The van der Waals surface area contributed by atoms with Gasteiger partial charge >= 0.3 is 5.97 Å². The SMILES string of the molecule is CNS(=O)(=O)c1csc(C(=O)N2CC[C@@H](C(=O)O)C2)c1. The summed E-state index contributed by atoms with van der Waals surface area (Å²) in [6.45, 7) is 0.544. The van der Waals surface area contributed by atoms with Crippen LogP contribution in [0.5, 0.6) is 0 Å². The van der Waals surface area contributed by atoms with Gasteiger partial charge in [-0.05, 0) is 19.5 Å². The average Bonchev–Trinajstić information content (AvgIpc) is 3.07. The number of nitrogens with zero attached hydrogens (tertiary/aromatic N) is 1. The van der Waals surface area contributed by atoms with Gasteiger partial charge in [0.1, 0.15) is 0 Å². The van der Waals surface area contributed by atoms with Gasteiger partial charge in [0, 0.05) is 18.5 Å². The number of sulfonamides is 1. The molecular formula is C11H14N2O5S2. The molecule has 1 saturated heterocycles. The molecule has 1 aromatic rings. The first kappa shape index (κ1) is 14.9. The van der Waals surface area contributed by atoms with E-state index in [0.29, 0.717) is 17.8 Å². The normalized spacial score (nSPS) is 19.2. The number of aliphatic carboxylic acids is 1. The van der Waals surface area contributed by atoms with Gasteiger partial charge < -0.3 is 10.0 Å². The lowest BCUT2D eigenvalue weighted by Gasteiger charge is -2.14. The van der Waals surface area contributed by atoms with Gasteiger partial charge in [-0.25, -0.2) is 13.1 Å². The highest BCUT2D eigenvalue weighted by molar-refractivity contribution is 7.89. The van der Waals surface area contributed by atoms with Crippen molar-refractivity contribution in [1.82, 2.24) is 9.62 Å². The number of rotatable bonds is 4. The number of carbonyl (C=O) groups is 2. The van der Waals surface area contributed by atoms with Gasteiger partial charge in [-0.3, -0.25) is 9.59 Å². The summed E-state index contributed by atoms with van der Waals surface area (Å²) in [5, 5.41) is 10.3. The van der Waals surface area contributed by atoms with Crippen LogP contribution in [0.25, 0.3) is 0 Å². The molecule has 1 fully saturated rings. The van der Waals surface area contributed by atoms with Crippen LogP contribution < -0.4 is 4.72 Å². The Kier molecular flexibility index (Phi) is 4.11. The molecule has 0 radical (unpaired) electrons. The topological polar surface area (TPSA) is 104 Å². The molecule has 0 aliphatic carbocycles. The summed E-state index contributed by atoms with van der Waals surface area (Å²) in [7, 11) is -2.27. The number of likely N-dealkylation sites (tertiary alicyclic amines) is 1. The highest BCUT2D eigenvalue weighted by Gasteiger charge is 2.32. The van der Waals surface area contributed by atoms with Crippen LogP contribution in [0.2, 0.25) is 0 Å². The number of amides is 1. The fourth-order valence-corrected chi connectivity index (χ4v) is 3.96. The molecule has 0 aromatic carbocycles. The number of hydrogen-bond donors (Lipinski definition) is 2. The highest BCUT2D eigenvalue weighted by Crippen LogP contribution is 2.24. The van der Waals surface area contributed by atoms with E-state index in [4.69, 9.17) is 5.11 Å². The highest BCUT2D eigenvalue weighted by atomic mass is 32.2. The quantitative estimate of drug-likeness (QED) is 0.825. The third-order valence-corrected chi connectivity index (χ3v) is 5.65. The summed E-state index contributed by atoms with van der Waals surface area (Å²) in [4.78, 5) is 24.8.